The summed E-state index contributed by atoms with van der Waals surface area (Å²) in [5.41, 5.74) is 2.49. The lowest BCUT2D eigenvalue weighted by atomic mass is 10.1. The van der Waals surface area contributed by atoms with Crippen LogP contribution in [0.4, 0.5) is 17.1 Å². The Morgan fingerprint density at radius 1 is 0.962 bits per heavy atom. The van der Waals surface area contributed by atoms with Crippen LogP contribution in [0, 0.1) is 27.2 Å². The van der Waals surface area contributed by atoms with Gasteiger partial charge in [-0.25, -0.2) is 0 Å². The van der Waals surface area contributed by atoms with Gasteiger partial charge in [0.2, 0.25) is 0 Å². The molecule has 0 aromatic heterocycles. The van der Waals surface area contributed by atoms with Gasteiger partial charge in [0.1, 0.15) is 5.69 Å². The molecule has 0 radical (unpaired) electrons. The predicted molar refractivity (Wildman–Crippen MR) is 98.4 cm³/mol. The zero-order chi connectivity index (χ0) is 18.7. The van der Waals surface area contributed by atoms with Crippen LogP contribution in [0.1, 0.15) is 11.1 Å². The monoisotopic (exact) mass is 356 g/mol. The van der Waals surface area contributed by atoms with Crippen LogP contribution in [0.3, 0.4) is 0 Å². The number of nitrogens with zero attached hydrogens (tertiary/aromatic N) is 4. The first-order valence-electron chi connectivity index (χ1n) is 8.40. The highest BCUT2D eigenvalue weighted by atomic mass is 16.6. The van der Waals surface area contributed by atoms with Crippen LogP contribution in [-0.4, -0.2) is 40.9 Å². The maximum Gasteiger partial charge on any atom is 0.299 e. The van der Waals surface area contributed by atoms with E-state index in [9.17, 15) is 20.2 Å². The van der Waals surface area contributed by atoms with Gasteiger partial charge < -0.3 is 4.90 Å². The minimum Gasteiger partial charge on any atom is -0.363 e. The predicted octanol–water partition coefficient (Wildman–Crippen LogP) is 3.13. The minimum absolute atomic E-state index is 0.216. The Hall–Kier alpha value is -3.00. The van der Waals surface area contributed by atoms with Gasteiger partial charge in [-0.2, -0.15) is 0 Å². The minimum atomic E-state index is -0.614. The second-order valence-corrected chi connectivity index (χ2v) is 6.38. The van der Waals surface area contributed by atoms with Gasteiger partial charge >= 0.3 is 0 Å². The van der Waals surface area contributed by atoms with Gasteiger partial charge in [-0.1, -0.05) is 24.3 Å². The van der Waals surface area contributed by atoms with Crippen molar-refractivity contribution in [1.82, 2.24) is 4.90 Å². The summed E-state index contributed by atoms with van der Waals surface area (Å²) >= 11 is 0. The fourth-order valence-electron chi connectivity index (χ4n) is 3.21. The van der Waals surface area contributed by atoms with Crippen LogP contribution in [0.5, 0.6) is 0 Å². The number of rotatable bonds is 5. The lowest BCUT2D eigenvalue weighted by Gasteiger charge is -2.36. The third kappa shape index (κ3) is 3.80. The first kappa shape index (κ1) is 17.8. The van der Waals surface area contributed by atoms with Crippen molar-refractivity contribution in [3.63, 3.8) is 0 Å². The zero-order valence-electron chi connectivity index (χ0n) is 14.5. The maximum atomic E-state index is 11.3. The van der Waals surface area contributed by atoms with E-state index >= 15 is 0 Å². The van der Waals surface area contributed by atoms with Crippen molar-refractivity contribution in [1.29, 1.82) is 0 Å². The lowest BCUT2D eigenvalue weighted by molar-refractivity contribution is -0.393. The molecule has 0 spiro atoms. The van der Waals surface area contributed by atoms with Gasteiger partial charge in [0.15, 0.2) is 0 Å². The smallest absolute Gasteiger partial charge is 0.299 e. The molecule has 0 atom stereocenters. The molecule has 2 aromatic rings. The Morgan fingerprint density at radius 3 is 2.27 bits per heavy atom. The molecule has 0 aliphatic carbocycles. The summed E-state index contributed by atoms with van der Waals surface area (Å²) in [5.74, 6) is 0. The highest BCUT2D eigenvalue weighted by molar-refractivity contribution is 5.67. The molecule has 1 heterocycles. The van der Waals surface area contributed by atoms with Crippen molar-refractivity contribution >= 4 is 17.1 Å². The Kier molecular flexibility index (Phi) is 5.13. The summed E-state index contributed by atoms with van der Waals surface area (Å²) < 4.78 is 0. The third-order valence-electron chi connectivity index (χ3n) is 4.73. The van der Waals surface area contributed by atoms with E-state index < -0.39 is 9.85 Å². The van der Waals surface area contributed by atoms with Crippen LogP contribution in [0.25, 0.3) is 0 Å². The van der Waals surface area contributed by atoms with E-state index in [-0.39, 0.29) is 11.4 Å². The van der Waals surface area contributed by atoms with Crippen molar-refractivity contribution in [2.24, 2.45) is 0 Å². The molecule has 136 valence electrons. The Morgan fingerprint density at radius 2 is 1.65 bits per heavy atom. The molecular formula is C18H20N4O4. The molecule has 1 saturated heterocycles. The number of nitro groups is 2. The topological polar surface area (TPSA) is 92.8 Å². The molecule has 8 heteroatoms. The molecule has 2 aromatic carbocycles. The van der Waals surface area contributed by atoms with Crippen LogP contribution >= 0.6 is 0 Å². The summed E-state index contributed by atoms with van der Waals surface area (Å²) in [7, 11) is 0. The Bertz CT molecular complexity index is 832. The van der Waals surface area contributed by atoms with E-state index in [0.717, 1.165) is 25.7 Å². The second kappa shape index (κ2) is 7.49. The van der Waals surface area contributed by atoms with Crippen molar-refractivity contribution in [2.45, 2.75) is 13.5 Å². The van der Waals surface area contributed by atoms with Crippen molar-refractivity contribution in [2.75, 3.05) is 31.1 Å². The van der Waals surface area contributed by atoms with Gasteiger partial charge in [-0.05, 0) is 24.1 Å². The van der Waals surface area contributed by atoms with Gasteiger partial charge in [0, 0.05) is 38.8 Å². The lowest BCUT2D eigenvalue weighted by Crippen LogP contribution is -2.46. The zero-order valence-corrected chi connectivity index (χ0v) is 14.5. The molecule has 1 fully saturated rings. The number of hydrogen-bond donors (Lipinski definition) is 0. The molecule has 3 rings (SSSR count). The highest BCUT2D eigenvalue weighted by Crippen LogP contribution is 2.32. The first-order valence-corrected chi connectivity index (χ1v) is 8.40. The number of non-ortho nitro benzene ring substituents is 1. The Balaban J connectivity index is 1.71. The molecule has 0 amide bonds. The van der Waals surface area contributed by atoms with Crippen LogP contribution < -0.4 is 4.90 Å². The van der Waals surface area contributed by atoms with E-state index in [1.165, 1.54) is 23.3 Å². The molecule has 0 N–H and O–H groups in total. The SMILES string of the molecule is Cc1ccccc1CN1CCN(c2ccc([N+](=O)[O-])cc2[N+](=O)[O-])CC1. The fourth-order valence-corrected chi connectivity index (χ4v) is 3.21. The van der Waals surface area contributed by atoms with Crippen molar-refractivity contribution in [3.8, 4) is 0 Å². The molecule has 0 bridgehead atoms. The van der Waals surface area contributed by atoms with E-state index in [4.69, 9.17) is 0 Å². The average Bonchev–Trinajstić information content (AvgIpc) is 2.63. The molecular weight excluding hydrogens is 336 g/mol. The number of anilines is 1. The summed E-state index contributed by atoms with van der Waals surface area (Å²) in [5, 5.41) is 22.2. The number of aryl methyl sites for hydroxylation is 1. The Labute approximate surface area is 150 Å². The number of nitro benzene ring substituents is 2. The normalized spacial score (nSPS) is 15.0. The average molecular weight is 356 g/mol. The molecule has 1 aliphatic rings. The summed E-state index contributed by atoms with van der Waals surface area (Å²) in [4.78, 5) is 25.3. The van der Waals surface area contributed by atoms with Gasteiger partial charge in [-0.3, -0.25) is 25.1 Å². The van der Waals surface area contributed by atoms with E-state index in [1.54, 1.807) is 0 Å². The van der Waals surface area contributed by atoms with Crippen molar-refractivity contribution < 1.29 is 9.85 Å². The summed E-state index contributed by atoms with van der Waals surface area (Å²) in [6.07, 6.45) is 0. The van der Waals surface area contributed by atoms with Gasteiger partial charge in [0.25, 0.3) is 11.4 Å². The van der Waals surface area contributed by atoms with E-state index in [1.807, 2.05) is 17.0 Å². The van der Waals surface area contributed by atoms with E-state index in [2.05, 4.69) is 24.0 Å². The number of benzene rings is 2. The van der Waals surface area contributed by atoms with Crippen molar-refractivity contribution in [3.05, 3.63) is 73.8 Å². The maximum absolute atomic E-state index is 11.3. The van der Waals surface area contributed by atoms with Crippen LogP contribution in [0.15, 0.2) is 42.5 Å². The molecule has 1 aliphatic heterocycles. The summed E-state index contributed by atoms with van der Waals surface area (Å²) in [6, 6.07) is 12.1. The number of hydrogen-bond acceptors (Lipinski definition) is 6. The highest BCUT2D eigenvalue weighted by Gasteiger charge is 2.26. The first-order chi connectivity index (χ1) is 12.5. The van der Waals surface area contributed by atoms with Crippen LogP contribution in [0.2, 0.25) is 0 Å². The third-order valence-corrected chi connectivity index (χ3v) is 4.73. The van der Waals surface area contributed by atoms with Gasteiger partial charge in [-0.15, -0.1) is 0 Å². The quantitative estimate of drug-likeness (QED) is 0.603. The molecule has 26 heavy (non-hydrogen) atoms. The molecule has 0 saturated carbocycles. The van der Waals surface area contributed by atoms with E-state index in [0.29, 0.717) is 18.8 Å². The summed E-state index contributed by atoms with van der Waals surface area (Å²) in [6.45, 7) is 5.79. The van der Waals surface area contributed by atoms with Crippen LogP contribution in [-0.2, 0) is 6.54 Å². The van der Waals surface area contributed by atoms with Gasteiger partial charge in [0.05, 0.1) is 15.9 Å². The standard InChI is InChI=1S/C18H20N4O4/c1-14-4-2-3-5-15(14)13-19-8-10-20(11-9-19)17-7-6-16(21(23)24)12-18(17)22(25)26/h2-7,12H,8-11,13H2,1H3. The largest absolute Gasteiger partial charge is 0.363 e. The fraction of sp³-hybridized carbons (Fsp3) is 0.333. The second-order valence-electron chi connectivity index (χ2n) is 6.38. The molecule has 0 unspecified atom stereocenters. The number of piperazine rings is 1. The molecule has 8 nitrogen and oxygen atoms in total.